The van der Waals surface area contributed by atoms with E-state index in [0.29, 0.717) is 57.3 Å². The summed E-state index contributed by atoms with van der Waals surface area (Å²) in [6.45, 7) is 16.0. The van der Waals surface area contributed by atoms with Gasteiger partial charge in [-0.25, -0.2) is 0 Å². The monoisotopic (exact) mass is 637 g/mol. The number of amides is 1. The number of esters is 1. The molecule has 1 rings (SSSR count). The molecule has 0 bridgehead atoms. The molecule has 10 nitrogen and oxygen atoms in total. The molecular weight excluding hydrogens is 574 g/mol. The summed E-state index contributed by atoms with van der Waals surface area (Å²) in [5, 5.41) is 14.3. The summed E-state index contributed by atoms with van der Waals surface area (Å²) in [5.74, 6) is -0.170. The fourth-order valence-electron chi connectivity index (χ4n) is 4.98. The van der Waals surface area contributed by atoms with E-state index in [-0.39, 0.29) is 24.2 Å². The molecule has 10 heteroatoms. The van der Waals surface area contributed by atoms with Crippen LogP contribution in [0.2, 0.25) is 0 Å². The molecule has 4 atom stereocenters. The van der Waals surface area contributed by atoms with Gasteiger partial charge in [-0.1, -0.05) is 33.3 Å². The molecule has 0 saturated carbocycles. The first-order valence-corrected chi connectivity index (χ1v) is 16.7. The smallest absolute Gasteiger partial charge is 0.312 e. The minimum absolute atomic E-state index is 0.0113. The summed E-state index contributed by atoms with van der Waals surface area (Å²) in [4.78, 5) is 26.4. The number of aliphatic hydroxyl groups excluding tert-OH is 1. The molecular formula is C35H63N3O7. The van der Waals surface area contributed by atoms with Crippen LogP contribution in [0.4, 0.5) is 0 Å². The van der Waals surface area contributed by atoms with Crippen molar-refractivity contribution in [2.75, 3.05) is 40.0 Å². The van der Waals surface area contributed by atoms with Crippen LogP contribution in [0.25, 0.3) is 0 Å². The Morgan fingerprint density at radius 1 is 0.978 bits per heavy atom. The number of unbranched alkanes of at least 4 members (excludes halogenated alkanes) is 2. The summed E-state index contributed by atoms with van der Waals surface area (Å²) in [6, 6.07) is 5.95. The van der Waals surface area contributed by atoms with Crippen molar-refractivity contribution in [2.45, 2.75) is 117 Å². The van der Waals surface area contributed by atoms with Crippen molar-refractivity contribution in [2.24, 2.45) is 29.2 Å². The highest BCUT2D eigenvalue weighted by molar-refractivity contribution is 5.85. The number of nitrogens with one attached hydrogen (secondary N) is 1. The Hall–Kier alpha value is -2.40. The topological polar surface area (TPSA) is 155 Å². The molecule has 260 valence electrons. The van der Waals surface area contributed by atoms with Gasteiger partial charge in [0.2, 0.25) is 5.91 Å². The number of nitrogens with two attached hydrogens (primary N) is 2. The third kappa shape index (κ3) is 16.1. The molecule has 0 radical (unpaired) electrons. The highest BCUT2D eigenvalue weighted by Crippen LogP contribution is 2.34. The highest BCUT2D eigenvalue weighted by atomic mass is 16.6. The van der Waals surface area contributed by atoms with E-state index < -0.39 is 29.1 Å². The second kappa shape index (κ2) is 20.7. The normalized spacial score (nSPS) is 15.2. The van der Waals surface area contributed by atoms with E-state index in [1.54, 1.807) is 34.8 Å². The van der Waals surface area contributed by atoms with E-state index in [0.717, 1.165) is 37.7 Å². The third-order valence-electron chi connectivity index (χ3n) is 7.75. The average molecular weight is 638 g/mol. The third-order valence-corrected chi connectivity index (χ3v) is 7.75. The Balaban J connectivity index is 3.24. The molecule has 45 heavy (non-hydrogen) atoms. The molecule has 0 aliphatic carbocycles. The second-order valence-electron chi connectivity index (χ2n) is 13.7. The zero-order chi connectivity index (χ0) is 34.0. The number of carbonyl (C=O) groups is 2. The Bertz CT molecular complexity index is 994. The largest absolute Gasteiger partial charge is 0.490 e. The summed E-state index contributed by atoms with van der Waals surface area (Å²) in [5.41, 5.74) is 11.0. The van der Waals surface area contributed by atoms with E-state index in [9.17, 15) is 14.7 Å². The number of methoxy groups -OCH3 is 1. The number of benzene rings is 1. The molecule has 0 aliphatic rings. The molecule has 1 amide bonds. The van der Waals surface area contributed by atoms with Crippen LogP contribution >= 0.6 is 0 Å². The lowest BCUT2D eigenvalue weighted by Crippen LogP contribution is -2.55. The predicted octanol–water partition coefficient (Wildman–Crippen LogP) is 4.77. The van der Waals surface area contributed by atoms with Crippen LogP contribution in [0.5, 0.6) is 11.5 Å². The molecule has 0 saturated heterocycles. The molecule has 0 fully saturated rings. The highest BCUT2D eigenvalue weighted by Gasteiger charge is 2.39. The molecule has 6 N–H and O–H groups in total. The van der Waals surface area contributed by atoms with Gasteiger partial charge in [0.25, 0.3) is 0 Å². The number of carbonyl (C=O) groups excluding carboxylic acids is 2. The van der Waals surface area contributed by atoms with Crippen molar-refractivity contribution in [1.29, 1.82) is 0 Å². The number of rotatable bonds is 23. The van der Waals surface area contributed by atoms with Gasteiger partial charge in [-0.3, -0.25) is 9.59 Å². The van der Waals surface area contributed by atoms with Crippen LogP contribution in [-0.4, -0.2) is 74.2 Å². The Kier molecular flexibility index (Phi) is 18.7. The first kappa shape index (κ1) is 40.6. The molecule has 1 aromatic rings. The quantitative estimate of drug-likeness (QED) is 0.0981. The Morgan fingerprint density at radius 2 is 1.64 bits per heavy atom. The summed E-state index contributed by atoms with van der Waals surface area (Å²) >= 11 is 0. The summed E-state index contributed by atoms with van der Waals surface area (Å²) in [6.07, 6.45) is 4.02. The Labute approximate surface area is 272 Å². The summed E-state index contributed by atoms with van der Waals surface area (Å²) < 4.78 is 23.1. The van der Waals surface area contributed by atoms with Gasteiger partial charge in [-0.05, 0) is 95.9 Å². The lowest BCUT2D eigenvalue weighted by atomic mass is 9.78. The van der Waals surface area contributed by atoms with Crippen LogP contribution < -0.4 is 26.3 Å². The van der Waals surface area contributed by atoms with Crippen molar-refractivity contribution in [3.05, 3.63) is 23.8 Å². The van der Waals surface area contributed by atoms with E-state index in [1.165, 1.54) is 0 Å². The van der Waals surface area contributed by atoms with E-state index in [2.05, 4.69) is 19.2 Å². The van der Waals surface area contributed by atoms with Gasteiger partial charge in [0, 0.05) is 33.1 Å². The first-order chi connectivity index (χ1) is 21.1. The van der Waals surface area contributed by atoms with E-state index in [4.69, 9.17) is 30.4 Å². The minimum atomic E-state index is -1.35. The van der Waals surface area contributed by atoms with Gasteiger partial charge in [0.05, 0.1) is 30.8 Å². The standard InChI is InChI=1S/C35H63N3O7/c1-9-10-17-38-33(41)35(7,37)24-29(39)28(32(40)45-34(4,5)6)23-27(25(2)3)21-26-14-15-30(43-19-12-11-16-36)31(22-26)44-20-13-18-42-8/h14-15,22,25,27-29,39H,9-13,16-21,23-24,36-37H2,1-8H3,(H,38,41)/t27-,28+,29+,35-/m1/s1. The summed E-state index contributed by atoms with van der Waals surface area (Å²) in [7, 11) is 1.66. The van der Waals surface area contributed by atoms with Crippen molar-refractivity contribution in [1.82, 2.24) is 5.32 Å². The minimum Gasteiger partial charge on any atom is -0.490 e. The van der Waals surface area contributed by atoms with Gasteiger partial charge in [0.1, 0.15) is 5.60 Å². The van der Waals surface area contributed by atoms with Gasteiger partial charge < -0.3 is 40.8 Å². The van der Waals surface area contributed by atoms with Crippen molar-refractivity contribution >= 4 is 11.9 Å². The van der Waals surface area contributed by atoms with Crippen LogP contribution in [0.3, 0.4) is 0 Å². The van der Waals surface area contributed by atoms with Crippen LogP contribution in [-0.2, 0) is 25.5 Å². The molecule has 1 aromatic carbocycles. The lowest BCUT2D eigenvalue weighted by Gasteiger charge is -2.33. The van der Waals surface area contributed by atoms with Crippen molar-refractivity contribution in [3.8, 4) is 11.5 Å². The van der Waals surface area contributed by atoms with Gasteiger partial charge in [-0.15, -0.1) is 0 Å². The number of aliphatic hydroxyl groups is 1. The van der Waals surface area contributed by atoms with Crippen LogP contribution in [0, 0.1) is 17.8 Å². The van der Waals surface area contributed by atoms with E-state index >= 15 is 0 Å². The number of hydrogen-bond donors (Lipinski definition) is 4. The van der Waals surface area contributed by atoms with Crippen LogP contribution in [0.1, 0.15) is 99.0 Å². The second-order valence-corrected chi connectivity index (χ2v) is 13.7. The van der Waals surface area contributed by atoms with Crippen molar-refractivity contribution in [3.63, 3.8) is 0 Å². The van der Waals surface area contributed by atoms with E-state index in [1.807, 2.05) is 25.1 Å². The zero-order valence-electron chi connectivity index (χ0n) is 29.3. The SMILES string of the molecule is CCCCNC(=O)[C@](C)(N)C[C@H](O)[C@H](C[C@@H](Cc1ccc(OCCCCN)c(OCCCOC)c1)C(C)C)C(=O)OC(C)(C)C. The molecule has 0 aromatic heterocycles. The van der Waals surface area contributed by atoms with Gasteiger partial charge in [0.15, 0.2) is 11.5 Å². The van der Waals surface area contributed by atoms with Gasteiger partial charge >= 0.3 is 5.97 Å². The zero-order valence-corrected chi connectivity index (χ0v) is 29.3. The predicted molar refractivity (Wildman–Crippen MR) is 179 cm³/mol. The fourth-order valence-corrected chi connectivity index (χ4v) is 4.98. The first-order valence-electron chi connectivity index (χ1n) is 16.7. The molecule has 0 heterocycles. The Morgan fingerprint density at radius 3 is 2.24 bits per heavy atom. The maximum Gasteiger partial charge on any atom is 0.312 e. The lowest BCUT2D eigenvalue weighted by molar-refractivity contribution is -0.166. The molecule has 0 spiro atoms. The molecule has 0 aliphatic heterocycles. The van der Waals surface area contributed by atoms with Crippen LogP contribution in [0.15, 0.2) is 18.2 Å². The van der Waals surface area contributed by atoms with Gasteiger partial charge in [-0.2, -0.15) is 0 Å². The average Bonchev–Trinajstić information content (AvgIpc) is 2.95. The number of ether oxygens (including phenoxy) is 4. The maximum atomic E-state index is 13.5. The van der Waals surface area contributed by atoms with Crippen molar-refractivity contribution < 1.29 is 33.6 Å². The number of hydrogen-bond acceptors (Lipinski definition) is 9. The fraction of sp³-hybridized carbons (Fsp3) is 0.771. The molecule has 0 unspecified atom stereocenters. The maximum absolute atomic E-state index is 13.5.